The predicted molar refractivity (Wildman–Crippen MR) is 130 cm³/mol. The second-order valence-corrected chi connectivity index (χ2v) is 9.77. The van der Waals surface area contributed by atoms with Gasteiger partial charge in [-0.25, -0.2) is 4.68 Å². The van der Waals surface area contributed by atoms with Crippen molar-refractivity contribution in [3.8, 4) is 0 Å². The Morgan fingerprint density at radius 3 is 2.61 bits per heavy atom. The summed E-state index contributed by atoms with van der Waals surface area (Å²) in [6.45, 7) is 14.3. The van der Waals surface area contributed by atoms with Crippen LogP contribution >= 0.6 is 0 Å². The number of amides is 1. The molecule has 33 heavy (non-hydrogen) atoms. The number of piperidine rings is 1. The first-order valence-electron chi connectivity index (χ1n) is 12.4. The van der Waals surface area contributed by atoms with Gasteiger partial charge in [0.1, 0.15) is 23.1 Å². The Morgan fingerprint density at radius 2 is 1.94 bits per heavy atom. The van der Waals surface area contributed by atoms with Crippen LogP contribution in [0.1, 0.15) is 64.6 Å². The summed E-state index contributed by atoms with van der Waals surface area (Å²) in [4.78, 5) is 28.8. The van der Waals surface area contributed by atoms with Gasteiger partial charge in [0, 0.05) is 38.2 Å². The molecule has 1 aliphatic rings. The van der Waals surface area contributed by atoms with Gasteiger partial charge in [0.05, 0.1) is 5.52 Å². The average molecular weight is 456 g/mol. The van der Waals surface area contributed by atoms with Crippen LogP contribution in [0.2, 0.25) is 0 Å². The number of likely N-dealkylation sites (tertiary alicyclic amines) is 1. The molecule has 1 fully saturated rings. The molecule has 8 nitrogen and oxygen atoms in total. The van der Waals surface area contributed by atoms with E-state index in [0.29, 0.717) is 30.5 Å². The molecule has 1 saturated heterocycles. The molecule has 3 aromatic rings. The van der Waals surface area contributed by atoms with Gasteiger partial charge in [0.25, 0.3) is 5.56 Å². The number of fused-ring (bicyclic) bond motifs is 3. The smallest absolute Gasteiger partial charge is 0.291 e. The van der Waals surface area contributed by atoms with E-state index in [0.717, 1.165) is 55.0 Å². The second kappa shape index (κ2) is 9.71. The zero-order valence-corrected chi connectivity index (χ0v) is 20.6. The molecule has 4 rings (SSSR count). The lowest BCUT2D eigenvalue weighted by Crippen LogP contribution is -2.42. The zero-order valence-electron chi connectivity index (χ0n) is 20.6. The Labute approximate surface area is 194 Å². The molecule has 3 aromatic heterocycles. The molecule has 8 heteroatoms. The molecule has 4 heterocycles. The largest absolute Gasteiger partial charge is 0.460 e. The first kappa shape index (κ1) is 23.5. The van der Waals surface area contributed by atoms with Crippen molar-refractivity contribution in [2.75, 3.05) is 26.2 Å². The number of nitrogens with zero attached hydrogens (tertiary/aromatic N) is 4. The topological polar surface area (TPSA) is 84.8 Å². The van der Waals surface area contributed by atoms with Crippen molar-refractivity contribution in [3.05, 3.63) is 34.1 Å². The van der Waals surface area contributed by atoms with Crippen LogP contribution in [0.5, 0.6) is 0 Å². The fraction of sp³-hybridized carbons (Fsp3) is 0.640. The minimum atomic E-state index is -0.634. The lowest BCUT2D eigenvalue weighted by Gasteiger charge is -2.35. The summed E-state index contributed by atoms with van der Waals surface area (Å²) in [5.74, 6) is 2.84. The molecule has 0 aliphatic carbocycles. The Kier molecular flexibility index (Phi) is 6.93. The van der Waals surface area contributed by atoms with Crippen LogP contribution in [-0.4, -0.2) is 51.2 Å². The number of hydrogen-bond donors (Lipinski definition) is 1. The lowest BCUT2D eigenvalue weighted by atomic mass is 9.92. The Balaban J connectivity index is 1.48. The molecule has 0 saturated carbocycles. The van der Waals surface area contributed by atoms with E-state index in [4.69, 9.17) is 4.42 Å². The van der Waals surface area contributed by atoms with Crippen molar-refractivity contribution in [1.82, 2.24) is 24.4 Å². The quantitative estimate of drug-likeness (QED) is 0.525. The first-order valence-corrected chi connectivity index (χ1v) is 12.4. The van der Waals surface area contributed by atoms with Crippen LogP contribution in [0.15, 0.2) is 21.3 Å². The van der Waals surface area contributed by atoms with E-state index in [1.807, 2.05) is 31.2 Å². The molecule has 3 atom stereocenters. The fourth-order valence-corrected chi connectivity index (χ4v) is 5.40. The van der Waals surface area contributed by atoms with E-state index in [-0.39, 0.29) is 11.5 Å². The standard InChI is InChI=1S/C25H37N5O3/c1-6-19(24(31)26-9-8-10-28-14-16(3)11-17(4)15-28)30-25(32)21-13-22-20(12-18(5)33-22)29(21)23(7-2)27-30/h12-13,16-17,19H,6-11,14-15H2,1-5H3,(H,26,31)/t16-,17+,19-/m1/s1. The Bertz CT molecular complexity index is 1180. The summed E-state index contributed by atoms with van der Waals surface area (Å²) in [5.41, 5.74) is 1.73. The van der Waals surface area contributed by atoms with Gasteiger partial charge >= 0.3 is 0 Å². The average Bonchev–Trinajstić information content (AvgIpc) is 3.29. The van der Waals surface area contributed by atoms with Crippen LogP contribution in [0.25, 0.3) is 16.6 Å². The van der Waals surface area contributed by atoms with Crippen LogP contribution in [0.4, 0.5) is 0 Å². The highest BCUT2D eigenvalue weighted by Gasteiger charge is 2.25. The Hall–Kier alpha value is -2.61. The van der Waals surface area contributed by atoms with E-state index >= 15 is 0 Å². The molecular weight excluding hydrogens is 418 g/mol. The van der Waals surface area contributed by atoms with E-state index in [1.54, 1.807) is 6.07 Å². The van der Waals surface area contributed by atoms with Crippen molar-refractivity contribution in [2.24, 2.45) is 11.8 Å². The summed E-state index contributed by atoms with van der Waals surface area (Å²) >= 11 is 0. The normalized spacial score (nSPS) is 20.5. The molecule has 180 valence electrons. The SMILES string of the molecule is CCc1nn([C@H](CC)C(=O)NCCCN2C[C@H](C)C[C@H](C)C2)c(=O)c2cc3oc(C)cc3n12. The minimum Gasteiger partial charge on any atom is -0.460 e. The lowest BCUT2D eigenvalue weighted by molar-refractivity contribution is -0.124. The van der Waals surface area contributed by atoms with Gasteiger partial charge in [-0.05, 0) is 44.6 Å². The molecular formula is C25H37N5O3. The molecule has 0 bridgehead atoms. The van der Waals surface area contributed by atoms with Gasteiger partial charge in [-0.1, -0.05) is 27.7 Å². The van der Waals surface area contributed by atoms with E-state index in [2.05, 4.69) is 29.2 Å². The number of rotatable bonds is 8. The molecule has 1 aliphatic heterocycles. The summed E-state index contributed by atoms with van der Waals surface area (Å²) in [5, 5.41) is 7.66. The number of aromatic nitrogens is 3. The molecule has 1 N–H and O–H groups in total. The van der Waals surface area contributed by atoms with Crippen LogP contribution in [0.3, 0.4) is 0 Å². The number of aryl methyl sites for hydroxylation is 2. The summed E-state index contributed by atoms with van der Waals surface area (Å²) in [7, 11) is 0. The number of carbonyl (C=O) groups excluding carboxylic acids is 1. The van der Waals surface area contributed by atoms with Crippen LogP contribution < -0.4 is 10.9 Å². The van der Waals surface area contributed by atoms with Gasteiger partial charge in [0.2, 0.25) is 5.91 Å². The highest BCUT2D eigenvalue weighted by Crippen LogP contribution is 2.24. The summed E-state index contributed by atoms with van der Waals surface area (Å²) in [6.07, 6.45) is 3.33. The zero-order chi connectivity index (χ0) is 23.7. The van der Waals surface area contributed by atoms with Crippen molar-refractivity contribution in [2.45, 2.75) is 66.3 Å². The molecule has 0 aromatic carbocycles. The van der Waals surface area contributed by atoms with Gasteiger partial charge in [0.15, 0.2) is 5.58 Å². The number of nitrogens with one attached hydrogen (secondary N) is 1. The van der Waals surface area contributed by atoms with Crippen molar-refractivity contribution < 1.29 is 9.21 Å². The number of carbonyl (C=O) groups is 1. The molecule has 0 radical (unpaired) electrons. The highest BCUT2D eigenvalue weighted by atomic mass is 16.3. The maximum Gasteiger partial charge on any atom is 0.291 e. The molecule has 0 unspecified atom stereocenters. The van der Waals surface area contributed by atoms with Gasteiger partial charge in [-0.2, -0.15) is 5.10 Å². The Morgan fingerprint density at radius 1 is 1.21 bits per heavy atom. The van der Waals surface area contributed by atoms with Gasteiger partial charge in [-0.3, -0.25) is 14.0 Å². The maximum absolute atomic E-state index is 13.3. The van der Waals surface area contributed by atoms with E-state index < -0.39 is 6.04 Å². The molecule has 1 amide bonds. The van der Waals surface area contributed by atoms with Crippen molar-refractivity contribution >= 4 is 22.5 Å². The summed E-state index contributed by atoms with van der Waals surface area (Å²) < 4.78 is 8.95. The minimum absolute atomic E-state index is 0.148. The van der Waals surface area contributed by atoms with Crippen LogP contribution in [0, 0.1) is 18.8 Å². The molecule has 0 spiro atoms. The third kappa shape index (κ3) is 4.71. The van der Waals surface area contributed by atoms with Crippen LogP contribution in [-0.2, 0) is 11.2 Å². The third-order valence-electron chi connectivity index (χ3n) is 6.72. The van der Waals surface area contributed by atoms with E-state index in [9.17, 15) is 9.59 Å². The monoisotopic (exact) mass is 455 g/mol. The van der Waals surface area contributed by atoms with E-state index in [1.165, 1.54) is 11.1 Å². The predicted octanol–water partition coefficient (Wildman–Crippen LogP) is 3.55. The highest BCUT2D eigenvalue weighted by molar-refractivity contribution is 5.83. The first-order chi connectivity index (χ1) is 15.8. The van der Waals surface area contributed by atoms with Crippen molar-refractivity contribution in [1.29, 1.82) is 0 Å². The maximum atomic E-state index is 13.3. The van der Waals surface area contributed by atoms with Crippen molar-refractivity contribution in [3.63, 3.8) is 0 Å². The van der Waals surface area contributed by atoms with Gasteiger partial charge in [-0.15, -0.1) is 0 Å². The number of hydrogen-bond acceptors (Lipinski definition) is 5. The summed E-state index contributed by atoms with van der Waals surface area (Å²) in [6, 6.07) is 3.04. The fourth-order valence-electron chi connectivity index (χ4n) is 5.40. The van der Waals surface area contributed by atoms with Gasteiger partial charge < -0.3 is 14.6 Å². The number of furan rings is 1. The second-order valence-electron chi connectivity index (χ2n) is 9.77. The third-order valence-corrected chi connectivity index (χ3v) is 6.72.